The van der Waals surface area contributed by atoms with Crippen molar-refractivity contribution in [3.63, 3.8) is 0 Å². The van der Waals surface area contributed by atoms with Gasteiger partial charge in [0.2, 0.25) is 5.91 Å². The number of nitrogens with zero attached hydrogens (tertiary/aromatic N) is 1. The van der Waals surface area contributed by atoms with Gasteiger partial charge in [-0.3, -0.25) is 14.4 Å². The highest BCUT2D eigenvalue weighted by molar-refractivity contribution is 8.00. The molecule has 0 aliphatic heterocycles. The van der Waals surface area contributed by atoms with Crippen molar-refractivity contribution in [3.05, 3.63) is 142 Å². The van der Waals surface area contributed by atoms with Gasteiger partial charge in [-0.15, -0.1) is 23.1 Å². The fourth-order valence-electron chi connectivity index (χ4n) is 4.33. The fourth-order valence-corrected chi connectivity index (χ4v) is 6.47. The van der Waals surface area contributed by atoms with Gasteiger partial charge in [-0.05, 0) is 72.6 Å². The quantitative estimate of drug-likeness (QED) is 0.144. The fraction of sp³-hybridized carbons (Fsp3) is 0.0588. The zero-order chi connectivity index (χ0) is 31.1. The van der Waals surface area contributed by atoms with Crippen LogP contribution < -0.4 is 16.0 Å². The normalized spacial score (nSPS) is 11.2. The number of rotatable bonds is 9. The van der Waals surface area contributed by atoms with Crippen LogP contribution in [0.3, 0.4) is 0 Å². The standard InChI is InChI=1S/C34H25FN4O3S2/c1-21-28(20-36)34(44-29(21)32(41)37-25-11-6-3-7-12-25)39-33(42)30(22-9-4-2-5-10-22)43-27-14-8-13-26(19-27)38-31(40)23-15-17-24(35)18-16-23/h2-19,30H,1H3,(H,37,41)(H,38,40)(H,39,42). The first kappa shape index (κ1) is 30.2. The largest absolute Gasteiger partial charge is 0.322 e. The number of halogens is 1. The van der Waals surface area contributed by atoms with Crippen LogP contribution in [-0.2, 0) is 4.79 Å². The van der Waals surface area contributed by atoms with Gasteiger partial charge in [0, 0.05) is 21.8 Å². The van der Waals surface area contributed by atoms with Crippen molar-refractivity contribution in [2.75, 3.05) is 16.0 Å². The topological polar surface area (TPSA) is 111 Å². The van der Waals surface area contributed by atoms with E-state index in [1.54, 1.807) is 49.4 Å². The number of nitriles is 1. The van der Waals surface area contributed by atoms with Crippen LogP contribution in [0.2, 0.25) is 0 Å². The Kier molecular flexibility index (Phi) is 9.49. The van der Waals surface area contributed by atoms with E-state index >= 15 is 0 Å². The number of thiophene rings is 1. The van der Waals surface area contributed by atoms with Gasteiger partial charge in [0.1, 0.15) is 22.1 Å². The average Bonchev–Trinajstić information content (AvgIpc) is 3.35. The molecule has 0 saturated carbocycles. The molecule has 0 aliphatic rings. The Bertz CT molecular complexity index is 1850. The van der Waals surface area contributed by atoms with Crippen molar-refractivity contribution in [1.29, 1.82) is 5.26 Å². The molecule has 3 amide bonds. The zero-order valence-corrected chi connectivity index (χ0v) is 25.0. The Morgan fingerprint density at radius 2 is 1.43 bits per heavy atom. The zero-order valence-electron chi connectivity index (χ0n) is 23.3. The highest BCUT2D eigenvalue weighted by Gasteiger charge is 2.27. The summed E-state index contributed by atoms with van der Waals surface area (Å²) in [7, 11) is 0. The monoisotopic (exact) mass is 620 g/mol. The van der Waals surface area contributed by atoms with E-state index in [1.165, 1.54) is 36.0 Å². The van der Waals surface area contributed by atoms with Gasteiger partial charge in [0.05, 0.1) is 10.4 Å². The lowest BCUT2D eigenvalue weighted by atomic mass is 10.1. The first-order valence-corrected chi connectivity index (χ1v) is 15.1. The predicted molar refractivity (Wildman–Crippen MR) is 173 cm³/mol. The van der Waals surface area contributed by atoms with Crippen molar-refractivity contribution in [1.82, 2.24) is 0 Å². The summed E-state index contributed by atoms with van der Waals surface area (Å²) < 4.78 is 13.3. The van der Waals surface area contributed by atoms with Crippen molar-refractivity contribution < 1.29 is 18.8 Å². The molecule has 5 rings (SSSR count). The second-order valence-electron chi connectivity index (χ2n) is 9.58. The van der Waals surface area contributed by atoms with E-state index in [0.717, 1.165) is 16.9 Å². The number of thioether (sulfide) groups is 1. The number of amides is 3. The Labute approximate surface area is 261 Å². The number of hydrogen-bond donors (Lipinski definition) is 3. The molecule has 0 aliphatic carbocycles. The molecule has 3 N–H and O–H groups in total. The van der Waals surface area contributed by atoms with Crippen LogP contribution in [0.15, 0.2) is 114 Å². The van der Waals surface area contributed by atoms with Gasteiger partial charge in [-0.2, -0.15) is 5.26 Å². The summed E-state index contributed by atoms with van der Waals surface area (Å²) in [5.41, 5.74) is 2.86. The minimum absolute atomic E-state index is 0.226. The molecule has 0 saturated heterocycles. The van der Waals surface area contributed by atoms with Crippen LogP contribution in [0.5, 0.6) is 0 Å². The SMILES string of the molecule is Cc1c(C(=O)Nc2ccccc2)sc(NC(=O)C(Sc2cccc(NC(=O)c3ccc(F)cc3)c2)c2ccccc2)c1C#N. The number of anilines is 3. The van der Waals surface area contributed by atoms with E-state index in [-0.39, 0.29) is 22.4 Å². The minimum Gasteiger partial charge on any atom is -0.322 e. The lowest BCUT2D eigenvalue weighted by Gasteiger charge is -2.17. The molecule has 1 unspecified atom stereocenters. The number of hydrogen-bond acceptors (Lipinski definition) is 6. The Balaban J connectivity index is 1.37. The van der Waals surface area contributed by atoms with Crippen LogP contribution in [0, 0.1) is 24.1 Å². The molecule has 4 aromatic carbocycles. The molecule has 0 radical (unpaired) electrons. The van der Waals surface area contributed by atoms with Gasteiger partial charge in [0.15, 0.2) is 0 Å². The Morgan fingerprint density at radius 3 is 2.11 bits per heavy atom. The van der Waals surface area contributed by atoms with E-state index in [4.69, 9.17) is 0 Å². The second kappa shape index (κ2) is 13.8. The summed E-state index contributed by atoms with van der Waals surface area (Å²) in [6, 6.07) is 32.6. The summed E-state index contributed by atoms with van der Waals surface area (Å²) in [5, 5.41) is 18.0. The number of carbonyl (C=O) groups is 3. The molecule has 0 bridgehead atoms. The maximum absolute atomic E-state index is 13.8. The number of para-hydroxylation sites is 1. The summed E-state index contributed by atoms with van der Waals surface area (Å²) in [5.74, 6) is -1.58. The van der Waals surface area contributed by atoms with Crippen molar-refractivity contribution >= 4 is 57.2 Å². The lowest BCUT2D eigenvalue weighted by molar-refractivity contribution is -0.115. The smallest absolute Gasteiger partial charge is 0.266 e. The van der Waals surface area contributed by atoms with Gasteiger partial charge in [-0.1, -0.05) is 54.6 Å². The first-order valence-electron chi connectivity index (χ1n) is 13.4. The maximum atomic E-state index is 13.8. The van der Waals surface area contributed by atoms with Crippen molar-refractivity contribution in [2.45, 2.75) is 17.1 Å². The van der Waals surface area contributed by atoms with E-state index in [1.807, 2.05) is 42.5 Å². The molecule has 218 valence electrons. The molecule has 44 heavy (non-hydrogen) atoms. The van der Waals surface area contributed by atoms with Crippen molar-refractivity contribution in [2.24, 2.45) is 0 Å². The molecule has 5 aromatic rings. The molecular weight excluding hydrogens is 596 g/mol. The van der Waals surface area contributed by atoms with Gasteiger partial charge in [-0.25, -0.2) is 4.39 Å². The molecule has 1 aromatic heterocycles. The Hall–Kier alpha value is -5.24. The van der Waals surface area contributed by atoms with Gasteiger partial charge in [0.25, 0.3) is 11.8 Å². The molecule has 1 heterocycles. The average molecular weight is 621 g/mol. The number of nitrogens with one attached hydrogen (secondary N) is 3. The number of carbonyl (C=O) groups excluding carboxylic acids is 3. The molecule has 7 nitrogen and oxygen atoms in total. The third-order valence-corrected chi connectivity index (χ3v) is 8.98. The molecule has 1 atom stereocenters. The summed E-state index contributed by atoms with van der Waals surface area (Å²) in [6.07, 6.45) is 0. The van der Waals surface area contributed by atoms with Crippen LogP contribution in [0.25, 0.3) is 0 Å². The van der Waals surface area contributed by atoms with E-state index in [2.05, 4.69) is 22.0 Å². The van der Waals surface area contributed by atoms with Crippen LogP contribution >= 0.6 is 23.1 Å². The molecular formula is C34H25FN4O3S2. The molecule has 0 fully saturated rings. The van der Waals surface area contributed by atoms with Crippen LogP contribution in [0.4, 0.5) is 20.8 Å². The van der Waals surface area contributed by atoms with Crippen molar-refractivity contribution in [3.8, 4) is 6.07 Å². The summed E-state index contributed by atoms with van der Waals surface area (Å²) >= 11 is 2.32. The first-order chi connectivity index (χ1) is 21.3. The van der Waals surface area contributed by atoms with Gasteiger partial charge >= 0.3 is 0 Å². The highest BCUT2D eigenvalue weighted by Crippen LogP contribution is 2.39. The number of benzene rings is 4. The third kappa shape index (κ3) is 7.21. The maximum Gasteiger partial charge on any atom is 0.266 e. The van der Waals surface area contributed by atoms with E-state index in [9.17, 15) is 24.0 Å². The van der Waals surface area contributed by atoms with Crippen LogP contribution in [0.1, 0.15) is 42.0 Å². The minimum atomic E-state index is -0.727. The summed E-state index contributed by atoms with van der Waals surface area (Å²) in [6.45, 7) is 1.68. The van der Waals surface area contributed by atoms with E-state index in [0.29, 0.717) is 32.3 Å². The van der Waals surface area contributed by atoms with Gasteiger partial charge < -0.3 is 16.0 Å². The lowest BCUT2D eigenvalue weighted by Crippen LogP contribution is -2.19. The molecule has 0 spiro atoms. The summed E-state index contributed by atoms with van der Waals surface area (Å²) in [4.78, 5) is 40.6. The second-order valence-corrected chi connectivity index (χ2v) is 11.8. The highest BCUT2D eigenvalue weighted by atomic mass is 32.2. The Morgan fingerprint density at radius 1 is 0.795 bits per heavy atom. The third-order valence-electron chi connectivity index (χ3n) is 6.53. The van der Waals surface area contributed by atoms with E-state index < -0.39 is 17.0 Å². The van der Waals surface area contributed by atoms with Crippen LogP contribution in [-0.4, -0.2) is 17.7 Å². The molecule has 10 heteroatoms. The predicted octanol–water partition coefficient (Wildman–Crippen LogP) is 8.04.